The Morgan fingerprint density at radius 3 is 3.00 bits per heavy atom. The van der Waals surface area contributed by atoms with Crippen LogP contribution in [0.3, 0.4) is 0 Å². The first-order valence-corrected chi connectivity index (χ1v) is 6.08. The van der Waals surface area contributed by atoms with Gasteiger partial charge in [0.05, 0.1) is 6.26 Å². The second kappa shape index (κ2) is 4.84. The summed E-state index contributed by atoms with van der Waals surface area (Å²) in [6.45, 7) is 5.60. The van der Waals surface area contributed by atoms with E-state index in [1.54, 1.807) is 6.26 Å². The van der Waals surface area contributed by atoms with Crippen molar-refractivity contribution in [3.05, 3.63) is 24.2 Å². The summed E-state index contributed by atoms with van der Waals surface area (Å²) in [6, 6.07) is 4.80. The van der Waals surface area contributed by atoms with E-state index in [4.69, 9.17) is 4.42 Å². The molecule has 0 radical (unpaired) electrons. The van der Waals surface area contributed by atoms with Gasteiger partial charge in [-0.3, -0.25) is 0 Å². The van der Waals surface area contributed by atoms with E-state index in [0.29, 0.717) is 12.0 Å². The summed E-state index contributed by atoms with van der Waals surface area (Å²) in [4.78, 5) is 0. The zero-order valence-electron chi connectivity index (χ0n) is 9.70. The fraction of sp³-hybridized carbons (Fsp3) is 0.692. The minimum Gasteiger partial charge on any atom is -0.469 e. The summed E-state index contributed by atoms with van der Waals surface area (Å²) < 4.78 is 5.54. The van der Waals surface area contributed by atoms with E-state index in [2.05, 4.69) is 25.2 Å². The molecule has 3 unspecified atom stereocenters. The van der Waals surface area contributed by atoms with Crippen molar-refractivity contribution in [2.45, 2.75) is 45.1 Å². The van der Waals surface area contributed by atoms with Crippen LogP contribution in [-0.4, -0.2) is 12.6 Å². The van der Waals surface area contributed by atoms with Crippen LogP contribution in [0.2, 0.25) is 0 Å². The van der Waals surface area contributed by atoms with E-state index in [0.717, 1.165) is 12.5 Å². The lowest BCUT2D eigenvalue weighted by molar-refractivity contribution is 0.245. The van der Waals surface area contributed by atoms with E-state index in [9.17, 15) is 0 Å². The van der Waals surface area contributed by atoms with Crippen LogP contribution in [-0.2, 0) is 0 Å². The Morgan fingerprint density at radius 1 is 1.47 bits per heavy atom. The van der Waals surface area contributed by atoms with Gasteiger partial charge in [0.25, 0.3) is 0 Å². The lowest BCUT2D eigenvalue weighted by atomic mass is 9.76. The van der Waals surface area contributed by atoms with Gasteiger partial charge in [0, 0.05) is 12.0 Å². The van der Waals surface area contributed by atoms with Crippen molar-refractivity contribution < 1.29 is 4.42 Å². The van der Waals surface area contributed by atoms with E-state index in [-0.39, 0.29) is 0 Å². The summed E-state index contributed by atoms with van der Waals surface area (Å²) in [7, 11) is 0. The third-order valence-electron chi connectivity index (χ3n) is 3.60. The molecule has 0 spiro atoms. The summed E-state index contributed by atoms with van der Waals surface area (Å²) in [5.41, 5.74) is 0. The van der Waals surface area contributed by atoms with E-state index in [1.165, 1.54) is 25.0 Å². The number of furan rings is 1. The molecule has 1 aliphatic carbocycles. The van der Waals surface area contributed by atoms with Crippen LogP contribution in [0.4, 0.5) is 0 Å². The second-order valence-corrected chi connectivity index (χ2v) is 4.67. The first-order valence-electron chi connectivity index (χ1n) is 6.08. The van der Waals surface area contributed by atoms with Gasteiger partial charge in [0.1, 0.15) is 5.76 Å². The Bertz CT molecular complexity index is 281. The predicted molar refractivity (Wildman–Crippen MR) is 61.9 cm³/mol. The van der Waals surface area contributed by atoms with Crippen molar-refractivity contribution >= 4 is 0 Å². The van der Waals surface area contributed by atoms with E-state index < -0.39 is 0 Å². The minimum absolute atomic E-state index is 0.609. The van der Waals surface area contributed by atoms with Crippen LogP contribution >= 0.6 is 0 Å². The SMILES string of the molecule is CCNC1CCC(C)C(c2ccco2)C1. The smallest absolute Gasteiger partial charge is 0.107 e. The van der Waals surface area contributed by atoms with Crippen LogP contribution < -0.4 is 5.32 Å². The van der Waals surface area contributed by atoms with Crippen LogP contribution in [0.5, 0.6) is 0 Å². The van der Waals surface area contributed by atoms with Crippen molar-refractivity contribution in [2.24, 2.45) is 5.92 Å². The van der Waals surface area contributed by atoms with Crippen molar-refractivity contribution in [3.8, 4) is 0 Å². The minimum atomic E-state index is 0.609. The fourth-order valence-corrected chi connectivity index (χ4v) is 2.69. The Labute approximate surface area is 92.1 Å². The molecule has 1 N–H and O–H groups in total. The summed E-state index contributed by atoms with van der Waals surface area (Å²) >= 11 is 0. The molecule has 1 aromatic rings. The first kappa shape index (κ1) is 10.7. The Hall–Kier alpha value is -0.760. The van der Waals surface area contributed by atoms with Gasteiger partial charge in [-0.2, -0.15) is 0 Å². The molecule has 1 saturated carbocycles. The molecule has 0 saturated heterocycles. The predicted octanol–water partition coefficient (Wildman–Crippen LogP) is 3.16. The highest BCUT2D eigenvalue weighted by molar-refractivity contribution is 5.08. The average Bonchev–Trinajstić information content (AvgIpc) is 2.74. The molecule has 1 heterocycles. The molecule has 1 aromatic heterocycles. The Morgan fingerprint density at radius 2 is 2.33 bits per heavy atom. The number of hydrogen-bond donors (Lipinski definition) is 1. The topological polar surface area (TPSA) is 25.2 Å². The molecule has 1 aliphatic rings. The second-order valence-electron chi connectivity index (χ2n) is 4.67. The third-order valence-corrected chi connectivity index (χ3v) is 3.60. The molecular weight excluding hydrogens is 186 g/mol. The van der Waals surface area contributed by atoms with Crippen molar-refractivity contribution in [3.63, 3.8) is 0 Å². The Kier molecular flexibility index (Phi) is 3.47. The summed E-state index contributed by atoms with van der Waals surface area (Å²) in [6.07, 6.45) is 5.64. The monoisotopic (exact) mass is 207 g/mol. The van der Waals surface area contributed by atoms with Crippen LogP contribution in [0, 0.1) is 5.92 Å². The number of rotatable bonds is 3. The van der Waals surface area contributed by atoms with Crippen molar-refractivity contribution in [1.82, 2.24) is 5.32 Å². The molecule has 0 amide bonds. The van der Waals surface area contributed by atoms with Gasteiger partial charge >= 0.3 is 0 Å². The molecule has 84 valence electrons. The van der Waals surface area contributed by atoms with Gasteiger partial charge in [-0.1, -0.05) is 13.8 Å². The quantitative estimate of drug-likeness (QED) is 0.823. The lowest BCUT2D eigenvalue weighted by Gasteiger charge is -2.33. The molecule has 2 nitrogen and oxygen atoms in total. The zero-order chi connectivity index (χ0) is 10.7. The van der Waals surface area contributed by atoms with Crippen LogP contribution in [0.1, 0.15) is 44.8 Å². The molecule has 15 heavy (non-hydrogen) atoms. The highest BCUT2D eigenvalue weighted by Gasteiger charge is 2.29. The number of hydrogen-bond acceptors (Lipinski definition) is 2. The van der Waals surface area contributed by atoms with Gasteiger partial charge in [-0.25, -0.2) is 0 Å². The van der Waals surface area contributed by atoms with E-state index >= 15 is 0 Å². The molecule has 0 aliphatic heterocycles. The van der Waals surface area contributed by atoms with Gasteiger partial charge < -0.3 is 9.73 Å². The normalized spacial score (nSPS) is 31.7. The van der Waals surface area contributed by atoms with Gasteiger partial charge in [0.15, 0.2) is 0 Å². The lowest BCUT2D eigenvalue weighted by Crippen LogP contribution is -2.35. The first-order chi connectivity index (χ1) is 7.31. The molecule has 0 bridgehead atoms. The third kappa shape index (κ3) is 2.43. The molecule has 1 fully saturated rings. The Balaban J connectivity index is 2.02. The summed E-state index contributed by atoms with van der Waals surface area (Å²) in [5, 5.41) is 3.56. The highest BCUT2D eigenvalue weighted by Crippen LogP contribution is 2.37. The van der Waals surface area contributed by atoms with Crippen LogP contribution in [0.25, 0.3) is 0 Å². The maximum atomic E-state index is 5.54. The molecule has 2 rings (SSSR count). The molecule has 0 aromatic carbocycles. The van der Waals surface area contributed by atoms with Gasteiger partial charge in [0.2, 0.25) is 0 Å². The van der Waals surface area contributed by atoms with Crippen molar-refractivity contribution in [1.29, 1.82) is 0 Å². The van der Waals surface area contributed by atoms with Gasteiger partial charge in [-0.15, -0.1) is 0 Å². The fourth-order valence-electron chi connectivity index (χ4n) is 2.69. The van der Waals surface area contributed by atoms with E-state index in [1.807, 2.05) is 6.07 Å². The zero-order valence-corrected chi connectivity index (χ0v) is 9.70. The van der Waals surface area contributed by atoms with Gasteiger partial charge in [-0.05, 0) is 43.9 Å². The van der Waals surface area contributed by atoms with Crippen molar-refractivity contribution in [2.75, 3.05) is 6.54 Å². The molecule has 3 atom stereocenters. The average molecular weight is 207 g/mol. The number of nitrogens with one attached hydrogen (secondary N) is 1. The molecule has 2 heteroatoms. The summed E-state index contributed by atoms with van der Waals surface area (Å²) in [5.74, 6) is 2.54. The maximum Gasteiger partial charge on any atom is 0.107 e. The van der Waals surface area contributed by atoms with Crippen LogP contribution in [0.15, 0.2) is 22.8 Å². The maximum absolute atomic E-state index is 5.54. The highest BCUT2D eigenvalue weighted by atomic mass is 16.3. The largest absolute Gasteiger partial charge is 0.469 e. The standard InChI is InChI=1S/C13H21NO/c1-3-14-11-7-6-10(2)12(9-11)13-5-4-8-15-13/h4-5,8,10-12,14H,3,6-7,9H2,1-2H3. The molecular formula is C13H21NO.